The second kappa shape index (κ2) is 10.4. The summed E-state index contributed by atoms with van der Waals surface area (Å²) in [5.41, 5.74) is 10.1. The highest BCUT2D eigenvalue weighted by Gasteiger charge is 2.29. The zero-order valence-electron chi connectivity index (χ0n) is 20.4. The Morgan fingerprint density at radius 2 is 1.38 bits per heavy atom. The third-order valence-electron chi connectivity index (χ3n) is 6.17. The number of rotatable bonds is 7. The molecule has 6 nitrogen and oxygen atoms in total. The minimum Gasteiger partial charge on any atom is -0.462 e. The number of carbonyl (C=O) groups is 1. The molecule has 5 aromatic rings. The summed E-state index contributed by atoms with van der Waals surface area (Å²) in [4.78, 5) is 26.4. The van der Waals surface area contributed by atoms with Crippen LogP contribution in [-0.2, 0) is 11.3 Å². The zero-order chi connectivity index (χ0) is 25.8. The molecular weight excluding hydrogens is 464 g/mol. The van der Waals surface area contributed by atoms with Crippen LogP contribution in [0.2, 0.25) is 0 Å². The normalized spacial score (nSPS) is 10.8. The topological polar surface area (TPSA) is 87.5 Å². The van der Waals surface area contributed by atoms with Crippen LogP contribution in [0.3, 0.4) is 0 Å². The van der Waals surface area contributed by atoms with Gasteiger partial charge in [0.2, 0.25) is 0 Å². The lowest BCUT2D eigenvalue weighted by atomic mass is 9.98. The minimum atomic E-state index is -0.712. The van der Waals surface area contributed by atoms with Crippen LogP contribution in [0.5, 0.6) is 0 Å². The lowest BCUT2D eigenvalue weighted by Crippen LogP contribution is -2.18. The summed E-state index contributed by atoms with van der Waals surface area (Å²) < 4.78 is 13.1. The van der Waals surface area contributed by atoms with Gasteiger partial charge in [-0.05, 0) is 30.2 Å². The molecule has 0 radical (unpaired) electrons. The zero-order valence-corrected chi connectivity index (χ0v) is 20.4. The lowest BCUT2D eigenvalue weighted by molar-refractivity contribution is 0.0525. The Morgan fingerprint density at radius 1 is 0.811 bits per heavy atom. The predicted molar refractivity (Wildman–Crippen MR) is 145 cm³/mol. The van der Waals surface area contributed by atoms with E-state index in [0.717, 1.165) is 16.8 Å². The fourth-order valence-electron chi connectivity index (χ4n) is 4.49. The van der Waals surface area contributed by atoms with Gasteiger partial charge >= 0.3 is 11.6 Å². The number of ether oxygens (including phenoxy) is 1. The molecule has 37 heavy (non-hydrogen) atoms. The summed E-state index contributed by atoms with van der Waals surface area (Å²) in [7, 11) is 0. The van der Waals surface area contributed by atoms with Gasteiger partial charge in [-0.3, -0.25) is 0 Å². The number of nitrogen functional groups attached to an aromatic ring is 1. The van der Waals surface area contributed by atoms with Crippen LogP contribution < -0.4 is 11.4 Å². The average Bonchev–Trinajstić information content (AvgIpc) is 3.34. The van der Waals surface area contributed by atoms with Gasteiger partial charge in [-0.1, -0.05) is 91.0 Å². The molecule has 184 valence electrons. The van der Waals surface area contributed by atoms with Gasteiger partial charge in [0.25, 0.3) is 0 Å². The number of benzene rings is 3. The second-order valence-electron chi connectivity index (χ2n) is 8.51. The third-order valence-corrected chi connectivity index (χ3v) is 6.17. The highest BCUT2D eigenvalue weighted by Crippen LogP contribution is 2.38. The van der Waals surface area contributed by atoms with Crippen molar-refractivity contribution in [2.24, 2.45) is 0 Å². The Balaban J connectivity index is 1.83. The number of aromatic nitrogens is 1. The fourth-order valence-corrected chi connectivity index (χ4v) is 4.49. The van der Waals surface area contributed by atoms with Crippen molar-refractivity contribution < 1.29 is 13.9 Å². The summed E-state index contributed by atoms with van der Waals surface area (Å²) in [5, 5.41) is 0. The highest BCUT2D eigenvalue weighted by molar-refractivity contribution is 6.05. The number of esters is 1. The van der Waals surface area contributed by atoms with Gasteiger partial charge in [0, 0.05) is 23.4 Å². The first-order valence-electron chi connectivity index (χ1n) is 12.1. The number of anilines is 1. The first-order chi connectivity index (χ1) is 18.1. The largest absolute Gasteiger partial charge is 0.462 e. The molecule has 0 fully saturated rings. The van der Waals surface area contributed by atoms with Crippen molar-refractivity contribution in [1.29, 1.82) is 0 Å². The molecule has 0 amide bonds. The molecule has 0 aliphatic heterocycles. The van der Waals surface area contributed by atoms with Crippen LogP contribution in [0.1, 0.15) is 22.8 Å². The highest BCUT2D eigenvalue weighted by atomic mass is 16.5. The van der Waals surface area contributed by atoms with E-state index in [1.54, 1.807) is 19.1 Å². The molecule has 6 heteroatoms. The predicted octanol–water partition coefficient (Wildman–Crippen LogP) is 6.25. The summed E-state index contributed by atoms with van der Waals surface area (Å²) >= 11 is 0. The van der Waals surface area contributed by atoms with Crippen molar-refractivity contribution in [1.82, 2.24) is 4.57 Å². The SMILES string of the molecule is CCOC(=O)c1c(-c2ccccc2)oc(=O)c(N)c1-c1ccc(-c2ccccc2)n1Cc1ccccc1. The maximum absolute atomic E-state index is 13.4. The molecule has 2 N–H and O–H groups in total. The van der Waals surface area contributed by atoms with Gasteiger partial charge in [-0.15, -0.1) is 0 Å². The van der Waals surface area contributed by atoms with Gasteiger partial charge in [0.1, 0.15) is 11.3 Å². The average molecular weight is 491 g/mol. The standard InChI is InChI=1S/C31H26N2O4/c1-2-36-30(34)27-26(28(32)31(35)37-29(27)23-16-10-5-11-17-23)25-19-18-24(22-14-8-4-9-15-22)33(25)20-21-12-6-3-7-13-21/h3-19H,2,20,32H2,1H3. The van der Waals surface area contributed by atoms with E-state index in [1.165, 1.54) is 0 Å². The van der Waals surface area contributed by atoms with Crippen molar-refractivity contribution in [2.75, 3.05) is 12.3 Å². The van der Waals surface area contributed by atoms with E-state index < -0.39 is 11.6 Å². The maximum atomic E-state index is 13.4. The smallest absolute Gasteiger partial charge is 0.360 e. The Bertz CT molecular complexity index is 1590. The van der Waals surface area contributed by atoms with Gasteiger partial charge in [-0.25, -0.2) is 9.59 Å². The van der Waals surface area contributed by atoms with Crippen LogP contribution >= 0.6 is 0 Å². The number of hydrogen-bond acceptors (Lipinski definition) is 5. The van der Waals surface area contributed by atoms with Gasteiger partial charge in [0.05, 0.1) is 12.3 Å². The first-order valence-corrected chi connectivity index (χ1v) is 12.1. The molecule has 2 aromatic heterocycles. The fraction of sp³-hybridized carbons (Fsp3) is 0.0968. The summed E-state index contributed by atoms with van der Waals surface area (Å²) in [6.45, 7) is 2.38. The monoisotopic (exact) mass is 490 g/mol. The van der Waals surface area contributed by atoms with E-state index in [2.05, 4.69) is 4.57 Å². The van der Waals surface area contributed by atoms with Crippen molar-refractivity contribution in [2.45, 2.75) is 13.5 Å². The molecule has 0 saturated heterocycles. The molecule has 0 saturated carbocycles. The molecule has 0 atom stereocenters. The first kappa shape index (κ1) is 23.9. The summed E-state index contributed by atoms with van der Waals surface area (Å²) in [6, 6.07) is 32.8. The van der Waals surface area contributed by atoms with E-state index in [0.29, 0.717) is 23.4 Å². The van der Waals surface area contributed by atoms with E-state index in [4.69, 9.17) is 14.9 Å². The maximum Gasteiger partial charge on any atom is 0.360 e. The molecule has 0 bridgehead atoms. The molecule has 0 unspecified atom stereocenters. The lowest BCUT2D eigenvalue weighted by Gasteiger charge is -2.18. The Morgan fingerprint density at radius 3 is 2.00 bits per heavy atom. The van der Waals surface area contributed by atoms with Gasteiger partial charge in [-0.2, -0.15) is 0 Å². The number of carbonyl (C=O) groups excluding carboxylic acids is 1. The van der Waals surface area contributed by atoms with Crippen molar-refractivity contribution in [3.8, 4) is 33.8 Å². The Hall–Kier alpha value is -4.84. The van der Waals surface area contributed by atoms with E-state index in [9.17, 15) is 9.59 Å². The van der Waals surface area contributed by atoms with Crippen LogP contribution in [-0.4, -0.2) is 17.1 Å². The second-order valence-corrected chi connectivity index (χ2v) is 8.51. The molecule has 2 heterocycles. The summed E-state index contributed by atoms with van der Waals surface area (Å²) in [5.74, 6) is -0.484. The molecule has 0 aliphatic carbocycles. The third kappa shape index (κ3) is 4.69. The van der Waals surface area contributed by atoms with Crippen LogP contribution in [0.15, 0.2) is 112 Å². The molecule has 0 aliphatic rings. The minimum absolute atomic E-state index is 0.122. The quantitative estimate of drug-likeness (QED) is 0.273. The van der Waals surface area contributed by atoms with Gasteiger partial charge < -0.3 is 19.5 Å². The van der Waals surface area contributed by atoms with Crippen molar-refractivity contribution >= 4 is 11.7 Å². The number of hydrogen-bond donors (Lipinski definition) is 1. The number of nitrogens with zero attached hydrogens (tertiary/aromatic N) is 1. The van der Waals surface area contributed by atoms with E-state index in [1.807, 2.05) is 91.0 Å². The van der Waals surface area contributed by atoms with Crippen LogP contribution in [0.25, 0.3) is 33.8 Å². The van der Waals surface area contributed by atoms with Crippen LogP contribution in [0, 0.1) is 0 Å². The molecular formula is C31H26N2O4. The van der Waals surface area contributed by atoms with E-state index >= 15 is 0 Å². The Kier molecular flexibility index (Phi) is 6.72. The van der Waals surface area contributed by atoms with Crippen LogP contribution in [0.4, 0.5) is 5.69 Å². The van der Waals surface area contributed by atoms with Crippen molar-refractivity contribution in [3.05, 3.63) is 125 Å². The van der Waals surface area contributed by atoms with E-state index in [-0.39, 0.29) is 23.6 Å². The molecule has 3 aromatic carbocycles. The van der Waals surface area contributed by atoms with Crippen molar-refractivity contribution in [3.63, 3.8) is 0 Å². The summed E-state index contributed by atoms with van der Waals surface area (Å²) in [6.07, 6.45) is 0. The molecule has 0 spiro atoms. The molecule has 5 rings (SSSR count). The Labute approximate surface area is 214 Å². The number of nitrogens with two attached hydrogens (primary N) is 1. The van der Waals surface area contributed by atoms with Gasteiger partial charge in [0.15, 0.2) is 5.76 Å².